The van der Waals surface area contributed by atoms with Gasteiger partial charge < -0.3 is 24.8 Å². The molecule has 1 unspecified atom stereocenters. The Bertz CT molecular complexity index is 689. The van der Waals surface area contributed by atoms with E-state index in [1.165, 1.54) is 0 Å². The van der Waals surface area contributed by atoms with Crippen LogP contribution in [0.25, 0.3) is 0 Å². The Balaban J connectivity index is 2.02. The van der Waals surface area contributed by atoms with Gasteiger partial charge in [-0.15, -0.1) is 0 Å². The Morgan fingerprint density at radius 3 is 2.46 bits per heavy atom. The molecular weight excluding hydrogens is 336 g/mol. The topological polar surface area (TPSA) is 88.1 Å². The quantitative estimate of drug-likeness (QED) is 0.810. The van der Waals surface area contributed by atoms with Crippen LogP contribution >= 0.6 is 0 Å². The monoisotopic (exact) mass is 364 g/mol. The fraction of sp³-hybridized carbons (Fsp3) is 0.579. The van der Waals surface area contributed by atoms with E-state index in [0.717, 1.165) is 5.56 Å². The van der Waals surface area contributed by atoms with Crippen molar-refractivity contribution >= 4 is 12.0 Å². The number of ether oxygens (including phenoxy) is 2. The van der Waals surface area contributed by atoms with Gasteiger partial charge in [0.1, 0.15) is 0 Å². The lowest BCUT2D eigenvalue weighted by atomic mass is 9.84. The third kappa shape index (κ3) is 4.03. The van der Waals surface area contributed by atoms with Gasteiger partial charge in [-0.2, -0.15) is 0 Å². The van der Waals surface area contributed by atoms with Crippen LogP contribution in [0.15, 0.2) is 18.2 Å². The number of amides is 2. The summed E-state index contributed by atoms with van der Waals surface area (Å²) in [6.07, 6.45) is 0.467. The summed E-state index contributed by atoms with van der Waals surface area (Å²) in [6.45, 7) is 6.83. The highest BCUT2D eigenvalue weighted by atomic mass is 16.5. The van der Waals surface area contributed by atoms with Gasteiger partial charge in [-0.05, 0) is 31.0 Å². The first-order valence-corrected chi connectivity index (χ1v) is 8.61. The molecule has 1 aromatic rings. The highest BCUT2D eigenvalue weighted by molar-refractivity contribution is 5.79. The van der Waals surface area contributed by atoms with Crippen LogP contribution in [-0.2, 0) is 10.2 Å². The highest BCUT2D eigenvalue weighted by Gasteiger charge is 2.42. The summed E-state index contributed by atoms with van der Waals surface area (Å²) in [4.78, 5) is 25.3. The van der Waals surface area contributed by atoms with E-state index >= 15 is 0 Å². The molecule has 1 fully saturated rings. The number of nitrogens with one attached hydrogen (secondary N) is 1. The number of carboxylic acid groups (broad SMARTS) is 1. The first-order valence-electron chi connectivity index (χ1n) is 8.61. The minimum Gasteiger partial charge on any atom is -0.493 e. The molecule has 0 spiro atoms. The predicted octanol–water partition coefficient (Wildman–Crippen LogP) is 2.49. The normalized spacial score (nSPS) is 20.0. The summed E-state index contributed by atoms with van der Waals surface area (Å²) < 4.78 is 10.6. The van der Waals surface area contributed by atoms with Gasteiger partial charge in [0.15, 0.2) is 11.5 Å². The molecule has 0 aromatic heterocycles. The minimum atomic E-state index is -0.865. The van der Waals surface area contributed by atoms with E-state index in [-0.39, 0.29) is 18.0 Å². The van der Waals surface area contributed by atoms with Crippen LogP contribution in [0.4, 0.5) is 4.79 Å². The molecule has 0 bridgehead atoms. The summed E-state index contributed by atoms with van der Waals surface area (Å²) in [5.74, 6) is 0.431. The van der Waals surface area contributed by atoms with Gasteiger partial charge in [0.25, 0.3) is 0 Å². The molecule has 2 rings (SSSR count). The molecule has 144 valence electrons. The first-order chi connectivity index (χ1) is 12.1. The zero-order valence-electron chi connectivity index (χ0n) is 16.1. The summed E-state index contributed by atoms with van der Waals surface area (Å²) in [5.41, 5.74) is -0.187. The number of methoxy groups -OCH3 is 2. The zero-order chi connectivity index (χ0) is 19.5. The van der Waals surface area contributed by atoms with Gasteiger partial charge in [-0.25, -0.2) is 4.79 Å². The van der Waals surface area contributed by atoms with Crippen LogP contribution in [0, 0.1) is 5.41 Å². The summed E-state index contributed by atoms with van der Waals surface area (Å²) in [6, 6.07) is 5.47. The van der Waals surface area contributed by atoms with Crippen LogP contribution in [0.2, 0.25) is 0 Å². The van der Waals surface area contributed by atoms with Crippen molar-refractivity contribution < 1.29 is 24.2 Å². The molecular formula is C19H28N2O5. The molecule has 1 saturated heterocycles. The number of carboxylic acids is 1. The number of likely N-dealkylation sites (tertiary alicyclic amines) is 1. The molecule has 1 heterocycles. The molecule has 1 aliphatic heterocycles. The number of hydrogen-bond acceptors (Lipinski definition) is 4. The second kappa shape index (κ2) is 7.43. The number of urea groups is 1. The molecule has 7 heteroatoms. The molecule has 1 aliphatic rings. The van der Waals surface area contributed by atoms with E-state index in [9.17, 15) is 14.7 Å². The maximum atomic E-state index is 12.4. The predicted molar refractivity (Wildman–Crippen MR) is 97.9 cm³/mol. The highest BCUT2D eigenvalue weighted by Crippen LogP contribution is 2.33. The van der Waals surface area contributed by atoms with Crippen LogP contribution in [-0.4, -0.2) is 55.9 Å². The lowest BCUT2D eigenvalue weighted by molar-refractivity contribution is -0.147. The molecule has 1 atom stereocenters. The lowest BCUT2D eigenvalue weighted by Crippen LogP contribution is -2.45. The standard InChI is InChI=1S/C19H28N2O5/c1-18(2,13-6-7-14(25-4)15(10-13)26-5)11-20-17(24)21-9-8-19(3,12-21)16(22)23/h6-7,10H,8-9,11-12H2,1-5H3,(H,20,24)(H,22,23). The maximum Gasteiger partial charge on any atom is 0.317 e. The van der Waals surface area contributed by atoms with E-state index < -0.39 is 11.4 Å². The van der Waals surface area contributed by atoms with Crippen LogP contribution in [0.3, 0.4) is 0 Å². The molecule has 1 aromatic carbocycles. The zero-order valence-corrected chi connectivity index (χ0v) is 16.1. The number of nitrogens with zero attached hydrogens (tertiary/aromatic N) is 1. The average Bonchev–Trinajstić information content (AvgIpc) is 3.03. The third-order valence-electron chi connectivity index (χ3n) is 5.12. The van der Waals surface area contributed by atoms with Crippen molar-refractivity contribution in [1.82, 2.24) is 10.2 Å². The smallest absolute Gasteiger partial charge is 0.317 e. The number of benzene rings is 1. The van der Waals surface area contributed by atoms with Crippen LogP contribution in [0.5, 0.6) is 11.5 Å². The van der Waals surface area contributed by atoms with Gasteiger partial charge in [0.05, 0.1) is 19.6 Å². The largest absolute Gasteiger partial charge is 0.493 e. The number of rotatable bonds is 6. The van der Waals surface area contributed by atoms with Crippen LogP contribution in [0.1, 0.15) is 32.8 Å². The summed E-state index contributed by atoms with van der Waals surface area (Å²) in [5, 5.41) is 12.2. The molecule has 2 amide bonds. The number of carbonyl (C=O) groups is 2. The second-order valence-electron chi connectivity index (χ2n) is 7.65. The number of carbonyl (C=O) groups excluding carboxylic acids is 1. The minimum absolute atomic E-state index is 0.227. The van der Waals surface area contributed by atoms with Crippen molar-refractivity contribution in [3.8, 4) is 11.5 Å². The molecule has 7 nitrogen and oxygen atoms in total. The number of hydrogen-bond donors (Lipinski definition) is 2. The Morgan fingerprint density at radius 2 is 1.92 bits per heavy atom. The molecule has 26 heavy (non-hydrogen) atoms. The van der Waals surface area contributed by atoms with Crippen molar-refractivity contribution in [2.75, 3.05) is 33.9 Å². The van der Waals surface area contributed by atoms with E-state index in [4.69, 9.17) is 9.47 Å². The second-order valence-corrected chi connectivity index (χ2v) is 7.65. The molecule has 0 radical (unpaired) electrons. The van der Waals surface area contributed by atoms with Crippen LogP contribution < -0.4 is 14.8 Å². The maximum absolute atomic E-state index is 12.4. The van der Waals surface area contributed by atoms with Crippen molar-refractivity contribution in [2.45, 2.75) is 32.6 Å². The van der Waals surface area contributed by atoms with E-state index in [1.54, 1.807) is 26.0 Å². The van der Waals surface area contributed by atoms with Crippen molar-refractivity contribution in [2.24, 2.45) is 5.41 Å². The number of aliphatic carboxylic acids is 1. The van der Waals surface area contributed by atoms with Gasteiger partial charge in [0.2, 0.25) is 0 Å². The summed E-state index contributed by atoms with van der Waals surface area (Å²) in [7, 11) is 3.17. The fourth-order valence-corrected chi connectivity index (χ4v) is 3.08. The third-order valence-corrected chi connectivity index (χ3v) is 5.12. The molecule has 0 saturated carbocycles. The van der Waals surface area contributed by atoms with Crippen molar-refractivity contribution in [1.29, 1.82) is 0 Å². The van der Waals surface area contributed by atoms with E-state index in [1.807, 2.05) is 32.0 Å². The Labute approximate surface area is 154 Å². The van der Waals surface area contributed by atoms with Gasteiger partial charge in [-0.3, -0.25) is 4.79 Å². The molecule has 0 aliphatic carbocycles. The average molecular weight is 364 g/mol. The Hall–Kier alpha value is -2.44. The lowest BCUT2D eigenvalue weighted by Gasteiger charge is -2.28. The van der Waals surface area contributed by atoms with Gasteiger partial charge in [-0.1, -0.05) is 19.9 Å². The fourth-order valence-electron chi connectivity index (χ4n) is 3.08. The summed E-state index contributed by atoms with van der Waals surface area (Å²) >= 11 is 0. The molecule has 2 N–H and O–H groups in total. The van der Waals surface area contributed by atoms with Gasteiger partial charge >= 0.3 is 12.0 Å². The van der Waals surface area contributed by atoms with Crippen molar-refractivity contribution in [3.05, 3.63) is 23.8 Å². The Kier molecular flexibility index (Phi) is 5.68. The van der Waals surface area contributed by atoms with E-state index in [2.05, 4.69) is 5.32 Å². The first kappa shape index (κ1) is 19.9. The van der Waals surface area contributed by atoms with Gasteiger partial charge in [0, 0.05) is 25.0 Å². The van der Waals surface area contributed by atoms with E-state index in [0.29, 0.717) is 31.0 Å². The van der Waals surface area contributed by atoms with Crippen molar-refractivity contribution in [3.63, 3.8) is 0 Å². The SMILES string of the molecule is COc1ccc(C(C)(C)CNC(=O)N2CCC(C)(C(=O)O)C2)cc1OC. The Morgan fingerprint density at radius 1 is 1.27 bits per heavy atom.